The van der Waals surface area contributed by atoms with Gasteiger partial charge in [0.2, 0.25) is 0 Å². The van der Waals surface area contributed by atoms with Crippen molar-refractivity contribution in [3.05, 3.63) is 30.1 Å². The Morgan fingerprint density at radius 1 is 1.50 bits per heavy atom. The Morgan fingerprint density at radius 2 is 2.36 bits per heavy atom. The summed E-state index contributed by atoms with van der Waals surface area (Å²) in [4.78, 5) is 4.05. The van der Waals surface area contributed by atoms with Crippen LogP contribution in [-0.2, 0) is 0 Å². The van der Waals surface area contributed by atoms with Crippen molar-refractivity contribution in [3.8, 4) is 0 Å². The molecule has 0 unspecified atom stereocenters. The molecule has 0 aromatic carbocycles. The second kappa shape index (κ2) is 3.85. The van der Waals surface area contributed by atoms with Gasteiger partial charge in [-0.15, -0.1) is 5.10 Å². The number of rotatable bonds is 2. The molecule has 0 amide bonds. The van der Waals surface area contributed by atoms with Crippen molar-refractivity contribution < 1.29 is 0 Å². The Kier molecular flexibility index (Phi) is 2.55. The molecule has 1 aromatic heterocycles. The van der Waals surface area contributed by atoms with Crippen LogP contribution in [0.4, 0.5) is 0 Å². The zero-order valence-corrected chi connectivity index (χ0v) is 8.82. The lowest BCUT2D eigenvalue weighted by molar-refractivity contribution is 0.174. The minimum absolute atomic E-state index is 0.868. The van der Waals surface area contributed by atoms with Crippen LogP contribution < -0.4 is 5.53 Å². The fourth-order valence-corrected chi connectivity index (χ4v) is 1.67. The van der Waals surface area contributed by atoms with E-state index in [1.54, 1.807) is 24.3 Å². The third-order valence-corrected chi connectivity index (χ3v) is 2.59. The van der Waals surface area contributed by atoms with Gasteiger partial charge in [-0.25, -0.2) is 5.53 Å². The summed E-state index contributed by atoms with van der Waals surface area (Å²) in [5.74, 6) is 0.868. The van der Waals surface area contributed by atoms with Crippen molar-refractivity contribution in [2.45, 2.75) is 0 Å². The van der Waals surface area contributed by atoms with Crippen LogP contribution >= 0.6 is 11.9 Å². The zero-order valence-electron chi connectivity index (χ0n) is 8.01. The summed E-state index contributed by atoms with van der Waals surface area (Å²) in [5.41, 5.74) is 3.89. The number of hydrogen-bond acceptors (Lipinski definition) is 6. The molecule has 1 N–H and O–H groups in total. The highest BCUT2D eigenvalue weighted by Gasteiger charge is 2.22. The maximum absolute atomic E-state index is 4.20. The topological polar surface area (TPSA) is 43.8 Å². The molecule has 0 saturated heterocycles. The predicted molar refractivity (Wildman–Crippen MR) is 57.0 cm³/mol. The third-order valence-electron chi connectivity index (χ3n) is 1.91. The number of aromatic nitrogens is 1. The summed E-state index contributed by atoms with van der Waals surface area (Å²) in [5, 5.41) is 6.13. The Morgan fingerprint density at radius 3 is 2.93 bits per heavy atom. The summed E-state index contributed by atoms with van der Waals surface area (Å²) in [7, 11) is 1.95. The molecule has 1 aliphatic heterocycles. The van der Waals surface area contributed by atoms with Crippen LogP contribution in [0.5, 0.6) is 0 Å². The normalized spacial score (nSPS) is 16.7. The fraction of sp³-hybridized carbons (Fsp3) is 0.250. The van der Waals surface area contributed by atoms with Gasteiger partial charge in [-0.3, -0.25) is 9.99 Å². The van der Waals surface area contributed by atoms with E-state index in [2.05, 4.69) is 15.6 Å². The molecule has 2 heterocycles. The fourth-order valence-electron chi connectivity index (χ4n) is 1.23. The number of hydrazine groups is 2. The predicted octanol–water partition coefficient (Wildman–Crippen LogP) is 0.688. The molecule has 0 aliphatic carbocycles. The minimum Gasteiger partial charge on any atom is -0.264 e. The molecule has 0 bridgehead atoms. The Hall–Kier alpha value is -1.27. The van der Waals surface area contributed by atoms with E-state index in [9.17, 15) is 0 Å². The van der Waals surface area contributed by atoms with E-state index in [1.165, 1.54) is 0 Å². The molecule has 0 radical (unpaired) electrons. The summed E-state index contributed by atoms with van der Waals surface area (Å²) in [6.45, 7) is 0. The maximum atomic E-state index is 4.20. The van der Waals surface area contributed by atoms with E-state index in [4.69, 9.17) is 0 Å². The van der Waals surface area contributed by atoms with E-state index >= 15 is 0 Å². The lowest BCUT2D eigenvalue weighted by Gasteiger charge is -2.21. The Balaban J connectivity index is 2.22. The van der Waals surface area contributed by atoms with Crippen LogP contribution in [0, 0.1) is 0 Å². The van der Waals surface area contributed by atoms with Gasteiger partial charge in [0.1, 0.15) is 0 Å². The highest BCUT2D eigenvalue weighted by molar-refractivity contribution is 7.96. The zero-order chi connectivity index (χ0) is 9.97. The molecule has 14 heavy (non-hydrogen) atoms. The Labute approximate surface area is 86.9 Å². The van der Waals surface area contributed by atoms with Crippen LogP contribution in [0.2, 0.25) is 0 Å². The molecular weight excluding hydrogens is 198 g/mol. The molecule has 0 fully saturated rings. The summed E-state index contributed by atoms with van der Waals surface area (Å²) < 4.78 is 1.84. The van der Waals surface area contributed by atoms with E-state index in [1.807, 2.05) is 35.0 Å². The third kappa shape index (κ3) is 1.53. The van der Waals surface area contributed by atoms with Crippen LogP contribution in [0.1, 0.15) is 5.56 Å². The van der Waals surface area contributed by atoms with Crippen molar-refractivity contribution in [1.82, 2.24) is 20.1 Å². The van der Waals surface area contributed by atoms with E-state index in [0.717, 1.165) is 11.4 Å². The number of pyridine rings is 1. The van der Waals surface area contributed by atoms with Gasteiger partial charge in [0.15, 0.2) is 5.84 Å². The smallest absolute Gasteiger partial charge is 0.175 e. The van der Waals surface area contributed by atoms with Crippen molar-refractivity contribution in [2.24, 2.45) is 5.10 Å². The average molecular weight is 209 g/mol. The molecular formula is C8H11N5S. The average Bonchev–Trinajstić information content (AvgIpc) is 2.61. The van der Waals surface area contributed by atoms with E-state index < -0.39 is 0 Å². The van der Waals surface area contributed by atoms with Gasteiger partial charge in [-0.2, -0.15) is 0 Å². The first-order valence-electron chi connectivity index (χ1n) is 4.14. The summed E-state index contributed by atoms with van der Waals surface area (Å²) >= 11 is 1.55. The lowest BCUT2D eigenvalue weighted by atomic mass is 10.2. The highest BCUT2D eigenvalue weighted by atomic mass is 32.2. The summed E-state index contributed by atoms with van der Waals surface area (Å²) in [6.07, 6.45) is 5.52. The van der Waals surface area contributed by atoms with E-state index in [-0.39, 0.29) is 0 Å². The van der Waals surface area contributed by atoms with Crippen molar-refractivity contribution >= 4 is 17.8 Å². The van der Waals surface area contributed by atoms with Gasteiger partial charge >= 0.3 is 0 Å². The first-order chi connectivity index (χ1) is 6.83. The standard InChI is InChI=1S/C8H11N5S/c1-12-8(10-11-13(12)14-2)7-4-3-5-9-6-7/h3-6,11H,1-2H3. The molecule has 2 rings (SSSR count). The Bertz CT molecular complexity index is 339. The lowest BCUT2D eigenvalue weighted by Crippen LogP contribution is -2.37. The van der Waals surface area contributed by atoms with Crippen molar-refractivity contribution in [2.75, 3.05) is 13.3 Å². The van der Waals surface area contributed by atoms with Gasteiger partial charge in [0.05, 0.1) is 0 Å². The van der Waals surface area contributed by atoms with Gasteiger partial charge in [0, 0.05) is 31.3 Å². The minimum atomic E-state index is 0.868. The second-order valence-electron chi connectivity index (χ2n) is 2.76. The molecule has 6 heteroatoms. The number of hydrogen-bond donors (Lipinski definition) is 1. The van der Waals surface area contributed by atoms with Crippen LogP contribution in [0.25, 0.3) is 0 Å². The molecule has 0 saturated carbocycles. The van der Waals surface area contributed by atoms with Gasteiger partial charge in [-0.05, 0) is 24.1 Å². The van der Waals surface area contributed by atoms with Gasteiger partial charge in [-0.1, -0.05) is 4.52 Å². The largest absolute Gasteiger partial charge is 0.264 e. The highest BCUT2D eigenvalue weighted by Crippen LogP contribution is 2.14. The van der Waals surface area contributed by atoms with Crippen LogP contribution in [0.3, 0.4) is 0 Å². The van der Waals surface area contributed by atoms with Gasteiger partial charge in [0.25, 0.3) is 0 Å². The molecule has 0 atom stereocenters. The SMILES string of the molecule is CSN1NN=C(c2cccnc2)N1C. The number of hydrazone groups is 1. The monoisotopic (exact) mass is 209 g/mol. The van der Waals surface area contributed by atoms with Crippen LogP contribution in [-0.4, -0.2) is 33.7 Å². The van der Waals surface area contributed by atoms with Crippen molar-refractivity contribution in [3.63, 3.8) is 0 Å². The number of nitrogens with one attached hydrogen (secondary N) is 1. The summed E-state index contributed by atoms with van der Waals surface area (Å²) in [6, 6.07) is 3.88. The molecule has 1 aromatic rings. The van der Waals surface area contributed by atoms with E-state index in [0.29, 0.717) is 0 Å². The maximum Gasteiger partial charge on any atom is 0.175 e. The van der Waals surface area contributed by atoms with Crippen LogP contribution in [0.15, 0.2) is 29.6 Å². The van der Waals surface area contributed by atoms with Crippen molar-refractivity contribution in [1.29, 1.82) is 0 Å². The number of amidine groups is 1. The second-order valence-corrected chi connectivity index (χ2v) is 3.47. The quantitative estimate of drug-likeness (QED) is 0.726. The first-order valence-corrected chi connectivity index (χ1v) is 5.32. The molecule has 5 nitrogen and oxygen atoms in total. The van der Waals surface area contributed by atoms with Gasteiger partial charge < -0.3 is 0 Å². The molecule has 1 aliphatic rings. The number of nitrogens with zero attached hydrogens (tertiary/aromatic N) is 4. The molecule has 0 spiro atoms. The first kappa shape index (κ1) is 9.29. The molecule has 74 valence electrons.